The smallest absolute Gasteiger partial charge is 0.207 e. The van der Waals surface area contributed by atoms with E-state index in [9.17, 15) is 8.60 Å². The normalized spacial score (nSPS) is 10.2. The summed E-state index contributed by atoms with van der Waals surface area (Å²) in [7, 11) is 0. The quantitative estimate of drug-likeness (QED) is 0.634. The predicted molar refractivity (Wildman–Crippen MR) is 49.1 cm³/mol. The SMILES string of the molecule is O=[S+]c1[c]ccc2ccc(F)cc12. The molecule has 1 nitrogen and oxygen atoms in total. The zero-order chi connectivity index (χ0) is 9.26. The first-order valence-electron chi connectivity index (χ1n) is 3.71. The van der Waals surface area contributed by atoms with Crippen LogP contribution in [0.2, 0.25) is 0 Å². The first-order valence-corrected chi connectivity index (χ1v) is 4.45. The minimum atomic E-state index is -0.331. The van der Waals surface area contributed by atoms with Crippen LogP contribution in [0.3, 0.4) is 0 Å². The van der Waals surface area contributed by atoms with Crippen LogP contribution in [0.25, 0.3) is 10.8 Å². The molecule has 0 saturated heterocycles. The third kappa shape index (κ3) is 1.42. The zero-order valence-electron chi connectivity index (χ0n) is 6.58. The van der Waals surface area contributed by atoms with Gasteiger partial charge in [0.2, 0.25) is 0 Å². The van der Waals surface area contributed by atoms with Crippen molar-refractivity contribution < 1.29 is 8.60 Å². The van der Waals surface area contributed by atoms with E-state index in [0.717, 1.165) is 5.39 Å². The molecule has 0 aliphatic carbocycles. The van der Waals surface area contributed by atoms with E-state index in [4.69, 9.17) is 0 Å². The molecule has 0 amide bonds. The molecule has 0 bridgehead atoms. The Morgan fingerprint density at radius 3 is 2.92 bits per heavy atom. The van der Waals surface area contributed by atoms with Gasteiger partial charge in [-0.25, -0.2) is 4.39 Å². The van der Waals surface area contributed by atoms with Gasteiger partial charge in [0.25, 0.3) is 0 Å². The summed E-state index contributed by atoms with van der Waals surface area (Å²) in [6, 6.07) is 10.6. The molecule has 0 unspecified atom stereocenters. The van der Waals surface area contributed by atoms with Gasteiger partial charge in [0.1, 0.15) is 5.82 Å². The summed E-state index contributed by atoms with van der Waals surface area (Å²) < 4.78 is 23.4. The highest BCUT2D eigenvalue weighted by molar-refractivity contribution is 7.65. The van der Waals surface area contributed by atoms with E-state index in [1.165, 1.54) is 12.1 Å². The molecule has 0 spiro atoms. The average Bonchev–Trinajstić information content (AvgIpc) is 2.17. The maximum absolute atomic E-state index is 12.8. The molecular weight excluding hydrogens is 187 g/mol. The standard InChI is InChI=1S/C10H5FOS/c11-8-5-4-7-2-1-3-10(13-12)9(7)6-8/h1-2,4-6H/q+1. The molecule has 1 radical (unpaired) electrons. The van der Waals surface area contributed by atoms with Gasteiger partial charge in [-0.1, -0.05) is 12.1 Å². The molecule has 0 saturated carbocycles. The molecule has 0 heterocycles. The van der Waals surface area contributed by atoms with Gasteiger partial charge in [-0.05, 0) is 23.6 Å². The lowest BCUT2D eigenvalue weighted by Crippen LogP contribution is -1.81. The van der Waals surface area contributed by atoms with Gasteiger partial charge < -0.3 is 0 Å². The van der Waals surface area contributed by atoms with Crippen LogP contribution in [-0.4, -0.2) is 0 Å². The first kappa shape index (κ1) is 8.26. The molecule has 63 valence electrons. The maximum atomic E-state index is 12.8. The number of hydrogen-bond acceptors (Lipinski definition) is 1. The second kappa shape index (κ2) is 3.18. The van der Waals surface area contributed by atoms with Crippen LogP contribution in [0.4, 0.5) is 4.39 Å². The molecule has 0 atom stereocenters. The number of halogens is 1. The molecule has 2 rings (SSSR count). The Kier molecular flexibility index (Phi) is 2.02. The highest BCUT2D eigenvalue weighted by Crippen LogP contribution is 2.19. The fourth-order valence-corrected chi connectivity index (χ4v) is 1.61. The van der Waals surface area contributed by atoms with E-state index in [0.29, 0.717) is 21.9 Å². The fourth-order valence-electron chi connectivity index (χ4n) is 1.22. The van der Waals surface area contributed by atoms with Gasteiger partial charge in [-0.15, -0.1) is 0 Å². The van der Waals surface area contributed by atoms with Crippen molar-refractivity contribution in [3.05, 3.63) is 42.2 Å². The largest absolute Gasteiger partial charge is 0.506 e. The van der Waals surface area contributed by atoms with Crippen LogP contribution in [0.15, 0.2) is 35.2 Å². The van der Waals surface area contributed by atoms with Crippen molar-refractivity contribution in [3.8, 4) is 0 Å². The second-order valence-electron chi connectivity index (χ2n) is 2.62. The van der Waals surface area contributed by atoms with Crippen LogP contribution in [0.1, 0.15) is 0 Å². The van der Waals surface area contributed by atoms with Gasteiger partial charge >= 0.3 is 16.6 Å². The van der Waals surface area contributed by atoms with Gasteiger partial charge in [0, 0.05) is 4.21 Å². The number of benzene rings is 2. The van der Waals surface area contributed by atoms with Crippen molar-refractivity contribution in [2.45, 2.75) is 4.90 Å². The monoisotopic (exact) mass is 192 g/mol. The highest BCUT2D eigenvalue weighted by Gasteiger charge is 2.12. The summed E-state index contributed by atoms with van der Waals surface area (Å²) in [6.07, 6.45) is 0. The molecule has 0 aliphatic rings. The predicted octanol–water partition coefficient (Wildman–Crippen LogP) is 2.57. The lowest BCUT2D eigenvalue weighted by Gasteiger charge is -1.93. The fraction of sp³-hybridized carbons (Fsp3) is 0. The van der Waals surface area contributed by atoms with E-state index < -0.39 is 0 Å². The van der Waals surface area contributed by atoms with Crippen LogP contribution >= 0.6 is 0 Å². The number of hydrogen-bond donors (Lipinski definition) is 0. The highest BCUT2D eigenvalue weighted by atomic mass is 32.1. The minimum Gasteiger partial charge on any atom is -0.207 e. The Balaban J connectivity index is 2.86. The minimum absolute atomic E-state index is 0.331. The van der Waals surface area contributed by atoms with Crippen molar-refractivity contribution in [1.29, 1.82) is 0 Å². The molecule has 2 aromatic rings. The Labute approximate surface area is 78.7 Å². The topological polar surface area (TPSA) is 17.1 Å². The van der Waals surface area contributed by atoms with Gasteiger partial charge in [0.15, 0.2) is 0 Å². The Morgan fingerprint density at radius 1 is 1.31 bits per heavy atom. The summed E-state index contributed by atoms with van der Waals surface area (Å²) in [6.45, 7) is 0. The Morgan fingerprint density at radius 2 is 2.15 bits per heavy atom. The average molecular weight is 192 g/mol. The molecule has 0 aromatic heterocycles. The van der Waals surface area contributed by atoms with Crippen LogP contribution in [0, 0.1) is 11.9 Å². The van der Waals surface area contributed by atoms with E-state index in [1.807, 2.05) is 0 Å². The Bertz CT molecular complexity index is 467. The molecule has 3 heteroatoms. The number of fused-ring (bicyclic) bond motifs is 1. The summed E-state index contributed by atoms with van der Waals surface area (Å²) >= 11 is 0.335. The van der Waals surface area contributed by atoms with Crippen LogP contribution < -0.4 is 0 Å². The van der Waals surface area contributed by atoms with Crippen molar-refractivity contribution in [1.82, 2.24) is 0 Å². The molecule has 0 N–H and O–H groups in total. The van der Waals surface area contributed by atoms with Crippen molar-refractivity contribution in [3.63, 3.8) is 0 Å². The summed E-state index contributed by atoms with van der Waals surface area (Å²) in [5, 5.41) is 1.49. The van der Waals surface area contributed by atoms with Gasteiger partial charge in [-0.3, -0.25) is 0 Å². The summed E-state index contributed by atoms with van der Waals surface area (Å²) in [5.41, 5.74) is 0. The van der Waals surface area contributed by atoms with Crippen molar-refractivity contribution >= 4 is 22.4 Å². The summed E-state index contributed by atoms with van der Waals surface area (Å²) in [4.78, 5) is 0.442. The third-order valence-electron chi connectivity index (χ3n) is 1.82. The second-order valence-corrected chi connectivity index (χ2v) is 3.20. The van der Waals surface area contributed by atoms with Crippen molar-refractivity contribution in [2.24, 2.45) is 0 Å². The zero-order valence-corrected chi connectivity index (χ0v) is 7.40. The molecule has 2 aromatic carbocycles. The maximum Gasteiger partial charge on any atom is 0.506 e. The molecular formula is C10H5FOS+. The van der Waals surface area contributed by atoms with E-state index >= 15 is 0 Å². The van der Waals surface area contributed by atoms with E-state index in [1.54, 1.807) is 18.2 Å². The Hall–Kier alpha value is -1.35. The van der Waals surface area contributed by atoms with Gasteiger partial charge in [0.05, 0.1) is 11.5 Å². The third-order valence-corrected chi connectivity index (χ3v) is 2.33. The van der Waals surface area contributed by atoms with Crippen LogP contribution in [0.5, 0.6) is 0 Å². The molecule has 0 aliphatic heterocycles. The lowest BCUT2D eigenvalue weighted by atomic mass is 10.1. The molecule has 13 heavy (non-hydrogen) atoms. The van der Waals surface area contributed by atoms with Gasteiger partial charge in [-0.2, -0.15) is 0 Å². The van der Waals surface area contributed by atoms with E-state index in [-0.39, 0.29) is 5.82 Å². The van der Waals surface area contributed by atoms with E-state index in [2.05, 4.69) is 6.07 Å². The molecule has 0 fully saturated rings. The van der Waals surface area contributed by atoms with Crippen LogP contribution in [-0.2, 0) is 15.9 Å². The first-order chi connectivity index (χ1) is 6.31. The summed E-state index contributed by atoms with van der Waals surface area (Å²) in [5.74, 6) is -0.331. The number of rotatable bonds is 1. The van der Waals surface area contributed by atoms with Crippen molar-refractivity contribution in [2.75, 3.05) is 0 Å². The lowest BCUT2D eigenvalue weighted by molar-refractivity contribution is 0.605.